The maximum Gasteiger partial charge on any atom is 0.164 e. The molecule has 0 atom stereocenters. The number of pyridine rings is 1. The van der Waals surface area contributed by atoms with Crippen LogP contribution < -0.4 is 11.1 Å². The Hall–Kier alpha value is -1.99. The molecule has 2 rings (SSSR count). The first kappa shape index (κ1) is 15.4. The highest BCUT2D eigenvalue weighted by molar-refractivity contribution is 6.31. The van der Waals surface area contributed by atoms with Crippen molar-refractivity contribution >= 4 is 35.4 Å². The van der Waals surface area contributed by atoms with Crippen LogP contribution in [0.3, 0.4) is 0 Å². The van der Waals surface area contributed by atoms with Crippen molar-refractivity contribution in [2.24, 2.45) is 15.7 Å². The quantitative estimate of drug-likeness (QED) is 0.560. The summed E-state index contributed by atoms with van der Waals surface area (Å²) in [5.41, 5.74) is 6.06. The molecular formula is C13H18ClN7. The van der Waals surface area contributed by atoms with Crippen LogP contribution in [0.2, 0.25) is 5.02 Å². The fraction of sp³-hybridized carbons (Fsp3) is 0.385. The molecule has 1 fully saturated rings. The van der Waals surface area contributed by atoms with Crippen LogP contribution >= 0.6 is 11.6 Å². The van der Waals surface area contributed by atoms with Crippen LogP contribution in [0.4, 0.5) is 5.82 Å². The highest BCUT2D eigenvalue weighted by atomic mass is 35.5. The van der Waals surface area contributed by atoms with E-state index in [9.17, 15) is 0 Å². The van der Waals surface area contributed by atoms with Gasteiger partial charge in [-0.05, 0) is 13.0 Å². The highest BCUT2D eigenvalue weighted by Gasteiger charge is 2.20. The third kappa shape index (κ3) is 3.99. The minimum atomic E-state index is 0.214. The molecule has 1 saturated heterocycles. The number of aromatic nitrogens is 1. The van der Waals surface area contributed by atoms with Crippen LogP contribution in [-0.4, -0.2) is 54.1 Å². The maximum atomic E-state index is 7.67. The van der Waals surface area contributed by atoms with Gasteiger partial charge in [0.1, 0.15) is 11.7 Å². The molecule has 0 unspecified atom stereocenters. The molecule has 1 aliphatic heterocycles. The summed E-state index contributed by atoms with van der Waals surface area (Å²) in [5.74, 6) is 1.31. The summed E-state index contributed by atoms with van der Waals surface area (Å²) in [6.45, 7) is 4.94. The van der Waals surface area contributed by atoms with Crippen molar-refractivity contribution in [3.8, 4) is 0 Å². The Morgan fingerprint density at radius 3 is 2.86 bits per heavy atom. The number of amidine groups is 2. The number of hydrogen-bond donors (Lipinski definition) is 3. The van der Waals surface area contributed by atoms with Crippen LogP contribution in [0.1, 0.15) is 12.5 Å². The molecule has 1 aromatic heterocycles. The van der Waals surface area contributed by atoms with Gasteiger partial charge in [0, 0.05) is 32.4 Å². The van der Waals surface area contributed by atoms with E-state index in [1.54, 1.807) is 13.0 Å². The Kier molecular flexibility index (Phi) is 5.24. The van der Waals surface area contributed by atoms with Gasteiger partial charge < -0.3 is 16.0 Å². The van der Waals surface area contributed by atoms with Gasteiger partial charge >= 0.3 is 0 Å². The van der Waals surface area contributed by atoms with Gasteiger partial charge in [0.2, 0.25) is 0 Å². The molecule has 0 bridgehead atoms. The number of nitrogens with zero attached hydrogens (tertiary/aromatic N) is 4. The van der Waals surface area contributed by atoms with E-state index in [0.717, 1.165) is 26.2 Å². The van der Waals surface area contributed by atoms with E-state index in [1.807, 2.05) is 0 Å². The number of hydrogen-bond acceptors (Lipinski definition) is 4. The lowest BCUT2D eigenvalue weighted by Crippen LogP contribution is -2.47. The molecular weight excluding hydrogens is 290 g/mol. The van der Waals surface area contributed by atoms with Gasteiger partial charge in [-0.15, -0.1) is 0 Å². The second-order valence-corrected chi connectivity index (χ2v) is 5.00. The van der Waals surface area contributed by atoms with Gasteiger partial charge in [0.15, 0.2) is 5.82 Å². The van der Waals surface area contributed by atoms with E-state index in [-0.39, 0.29) is 5.84 Å². The van der Waals surface area contributed by atoms with Gasteiger partial charge in [0.05, 0.1) is 16.9 Å². The van der Waals surface area contributed by atoms with Crippen LogP contribution in [-0.2, 0) is 0 Å². The molecule has 0 saturated carbocycles. The van der Waals surface area contributed by atoms with E-state index in [1.165, 1.54) is 12.5 Å². The maximum absolute atomic E-state index is 7.67. The summed E-state index contributed by atoms with van der Waals surface area (Å²) in [4.78, 5) is 14.7. The molecule has 2 heterocycles. The molecule has 1 aliphatic rings. The summed E-state index contributed by atoms with van der Waals surface area (Å²) in [7, 11) is 0. The smallest absolute Gasteiger partial charge is 0.164 e. The van der Waals surface area contributed by atoms with Crippen LogP contribution in [0.25, 0.3) is 0 Å². The monoisotopic (exact) mass is 307 g/mol. The lowest BCUT2D eigenvalue weighted by molar-refractivity contribution is 0.358. The standard InChI is InChI=1S/C13H18ClN7/c1-9(16)20-13(21-4-2-17-3-5-21)11-6-10(14)7-18-12(11)19-8-15/h6-8,16-17H,2-5H2,1H3,(H2,15,18,19)/b16-9?,20-13-. The van der Waals surface area contributed by atoms with Gasteiger partial charge in [-0.2, -0.15) is 0 Å². The SMILES string of the molecule is CC(=N)/N=C(/c1cc(Cl)cnc1/N=C\N)N1CCNCC1. The van der Waals surface area contributed by atoms with E-state index >= 15 is 0 Å². The zero-order valence-corrected chi connectivity index (χ0v) is 12.6. The van der Waals surface area contributed by atoms with Crippen molar-refractivity contribution < 1.29 is 0 Å². The molecule has 21 heavy (non-hydrogen) atoms. The molecule has 112 valence electrons. The number of nitrogens with one attached hydrogen (secondary N) is 2. The minimum Gasteiger partial charge on any atom is -0.390 e. The summed E-state index contributed by atoms with van der Waals surface area (Å²) >= 11 is 6.05. The summed E-state index contributed by atoms with van der Waals surface area (Å²) in [5, 5.41) is 11.4. The third-order valence-corrected chi connectivity index (χ3v) is 3.17. The van der Waals surface area contributed by atoms with Crippen molar-refractivity contribution in [1.82, 2.24) is 15.2 Å². The second-order valence-electron chi connectivity index (χ2n) is 4.56. The molecule has 1 aromatic rings. The fourth-order valence-electron chi connectivity index (χ4n) is 2.11. The van der Waals surface area contributed by atoms with E-state index < -0.39 is 0 Å². The number of aliphatic imine (C=N–C) groups is 2. The van der Waals surface area contributed by atoms with Crippen molar-refractivity contribution in [3.63, 3.8) is 0 Å². The van der Waals surface area contributed by atoms with Gasteiger partial charge in [-0.25, -0.2) is 15.0 Å². The Labute approximate surface area is 128 Å². The summed E-state index contributed by atoms with van der Waals surface area (Å²) in [6, 6.07) is 1.75. The minimum absolute atomic E-state index is 0.214. The molecule has 0 spiro atoms. The Bertz CT molecular complexity index is 576. The largest absolute Gasteiger partial charge is 0.390 e. The molecule has 7 nitrogen and oxygen atoms in total. The first-order valence-corrected chi connectivity index (χ1v) is 6.99. The molecule has 0 aliphatic carbocycles. The van der Waals surface area contributed by atoms with E-state index in [4.69, 9.17) is 22.7 Å². The number of piperazine rings is 1. The second kappa shape index (κ2) is 7.14. The Morgan fingerprint density at radius 2 is 2.24 bits per heavy atom. The van der Waals surface area contributed by atoms with Crippen LogP contribution in [0.5, 0.6) is 0 Å². The van der Waals surface area contributed by atoms with E-state index in [2.05, 4.69) is 25.2 Å². The van der Waals surface area contributed by atoms with Crippen molar-refractivity contribution in [2.45, 2.75) is 6.92 Å². The highest BCUT2D eigenvalue weighted by Crippen LogP contribution is 2.22. The number of nitrogens with two attached hydrogens (primary N) is 1. The van der Waals surface area contributed by atoms with Crippen molar-refractivity contribution in [1.29, 1.82) is 5.41 Å². The average Bonchev–Trinajstić information content (AvgIpc) is 2.48. The first-order chi connectivity index (χ1) is 10.1. The zero-order chi connectivity index (χ0) is 15.2. The van der Waals surface area contributed by atoms with Gasteiger partial charge in [0.25, 0.3) is 0 Å². The average molecular weight is 308 g/mol. The molecule has 0 amide bonds. The Morgan fingerprint density at radius 1 is 1.52 bits per heavy atom. The van der Waals surface area contributed by atoms with E-state index in [0.29, 0.717) is 22.2 Å². The predicted octanol–water partition coefficient (Wildman–Crippen LogP) is 1.00. The summed E-state index contributed by atoms with van der Waals surface area (Å²) in [6.07, 6.45) is 2.70. The van der Waals surface area contributed by atoms with Crippen molar-refractivity contribution in [2.75, 3.05) is 26.2 Å². The van der Waals surface area contributed by atoms with Crippen LogP contribution in [0, 0.1) is 5.41 Å². The Balaban J connectivity index is 2.50. The molecule has 8 heteroatoms. The fourth-order valence-corrected chi connectivity index (χ4v) is 2.26. The zero-order valence-electron chi connectivity index (χ0n) is 11.8. The lowest BCUT2D eigenvalue weighted by atomic mass is 10.2. The molecule has 4 N–H and O–H groups in total. The normalized spacial score (nSPS) is 16.5. The molecule has 0 aromatic carbocycles. The third-order valence-electron chi connectivity index (χ3n) is 2.96. The topological polar surface area (TPSA) is 103 Å². The van der Waals surface area contributed by atoms with Crippen molar-refractivity contribution in [3.05, 3.63) is 22.8 Å². The van der Waals surface area contributed by atoms with Gasteiger partial charge in [-0.1, -0.05) is 11.6 Å². The number of halogens is 1. The number of rotatable bonds is 2. The van der Waals surface area contributed by atoms with Gasteiger partial charge in [-0.3, -0.25) is 5.41 Å². The lowest BCUT2D eigenvalue weighted by Gasteiger charge is -2.30. The predicted molar refractivity (Wildman–Crippen MR) is 86.0 cm³/mol. The summed E-state index contributed by atoms with van der Waals surface area (Å²) < 4.78 is 0. The first-order valence-electron chi connectivity index (χ1n) is 6.61. The van der Waals surface area contributed by atoms with Crippen LogP contribution in [0.15, 0.2) is 22.2 Å². The molecule has 0 radical (unpaired) electrons.